The molecule has 19 heavy (non-hydrogen) atoms. The van der Waals surface area contributed by atoms with E-state index in [1.54, 1.807) is 0 Å². The van der Waals surface area contributed by atoms with Crippen molar-refractivity contribution in [3.63, 3.8) is 0 Å². The molecule has 0 saturated heterocycles. The second-order valence-corrected chi connectivity index (χ2v) is 5.51. The number of benzene rings is 2. The van der Waals surface area contributed by atoms with Crippen LogP contribution in [0.25, 0.3) is 10.8 Å². The number of rotatable bonds is 3. The van der Waals surface area contributed by atoms with Crippen molar-refractivity contribution < 1.29 is 9.84 Å². The van der Waals surface area contributed by atoms with Crippen LogP contribution in [-0.2, 0) is 0 Å². The Morgan fingerprint density at radius 3 is 2.74 bits per heavy atom. The van der Waals surface area contributed by atoms with Gasteiger partial charge in [0.05, 0.1) is 6.61 Å². The first-order chi connectivity index (χ1) is 9.18. The average Bonchev–Trinajstić information content (AvgIpc) is 2.81. The second-order valence-electron chi connectivity index (χ2n) is 5.51. The molecule has 0 bridgehead atoms. The Hall–Kier alpha value is -1.58. The number of nitrogens with two attached hydrogens (primary N) is 1. The maximum absolute atomic E-state index is 9.27. The lowest BCUT2D eigenvalue weighted by Crippen LogP contribution is -2.41. The lowest BCUT2D eigenvalue weighted by molar-refractivity contribution is 0.166. The summed E-state index contributed by atoms with van der Waals surface area (Å²) in [5.41, 5.74) is 5.61. The molecule has 2 atom stereocenters. The van der Waals surface area contributed by atoms with Crippen LogP contribution in [0.5, 0.6) is 5.75 Å². The Kier molecular flexibility index (Phi) is 3.17. The van der Waals surface area contributed by atoms with Crippen LogP contribution in [0.3, 0.4) is 0 Å². The molecule has 3 heteroatoms. The van der Waals surface area contributed by atoms with E-state index in [-0.39, 0.29) is 12.7 Å². The van der Waals surface area contributed by atoms with E-state index in [9.17, 15) is 5.11 Å². The predicted molar refractivity (Wildman–Crippen MR) is 76.2 cm³/mol. The SMILES string of the molecule is NC1(CO)CCC(Oc2ccc3ccccc3c2)C1. The Balaban J connectivity index is 1.75. The summed E-state index contributed by atoms with van der Waals surface area (Å²) in [5, 5.41) is 11.7. The fourth-order valence-electron chi connectivity index (χ4n) is 2.78. The summed E-state index contributed by atoms with van der Waals surface area (Å²) < 4.78 is 5.99. The Labute approximate surface area is 113 Å². The molecular formula is C16H19NO2. The van der Waals surface area contributed by atoms with Crippen LogP contribution in [0.15, 0.2) is 42.5 Å². The van der Waals surface area contributed by atoms with Gasteiger partial charge in [-0.15, -0.1) is 0 Å². The van der Waals surface area contributed by atoms with E-state index in [4.69, 9.17) is 10.5 Å². The van der Waals surface area contributed by atoms with Crippen LogP contribution in [0.1, 0.15) is 19.3 Å². The number of aliphatic hydroxyl groups excluding tert-OH is 1. The van der Waals surface area contributed by atoms with Gasteiger partial charge in [-0.05, 0) is 35.7 Å². The zero-order valence-electron chi connectivity index (χ0n) is 10.9. The monoisotopic (exact) mass is 257 g/mol. The summed E-state index contributed by atoms with van der Waals surface area (Å²) in [5.74, 6) is 0.880. The van der Waals surface area contributed by atoms with Crippen molar-refractivity contribution in [3.05, 3.63) is 42.5 Å². The van der Waals surface area contributed by atoms with E-state index in [1.165, 1.54) is 10.8 Å². The summed E-state index contributed by atoms with van der Waals surface area (Å²) in [6.07, 6.45) is 2.56. The number of hydrogen-bond acceptors (Lipinski definition) is 3. The molecule has 0 heterocycles. The summed E-state index contributed by atoms with van der Waals surface area (Å²) in [7, 11) is 0. The van der Waals surface area contributed by atoms with Crippen molar-refractivity contribution >= 4 is 10.8 Å². The van der Waals surface area contributed by atoms with E-state index < -0.39 is 5.54 Å². The van der Waals surface area contributed by atoms with Crippen molar-refractivity contribution in [1.82, 2.24) is 0 Å². The molecule has 2 aromatic rings. The minimum atomic E-state index is -0.457. The minimum Gasteiger partial charge on any atom is -0.490 e. The fourth-order valence-corrected chi connectivity index (χ4v) is 2.78. The third kappa shape index (κ3) is 2.57. The van der Waals surface area contributed by atoms with Gasteiger partial charge in [0.1, 0.15) is 11.9 Å². The zero-order valence-corrected chi connectivity index (χ0v) is 10.9. The highest BCUT2D eigenvalue weighted by Crippen LogP contribution is 2.31. The molecule has 2 aromatic carbocycles. The number of ether oxygens (including phenoxy) is 1. The molecule has 1 saturated carbocycles. The zero-order chi connectivity index (χ0) is 13.3. The smallest absolute Gasteiger partial charge is 0.120 e. The largest absolute Gasteiger partial charge is 0.490 e. The van der Waals surface area contributed by atoms with Gasteiger partial charge >= 0.3 is 0 Å². The van der Waals surface area contributed by atoms with Gasteiger partial charge in [0.2, 0.25) is 0 Å². The summed E-state index contributed by atoms with van der Waals surface area (Å²) in [6.45, 7) is 0.0323. The number of aliphatic hydroxyl groups is 1. The molecule has 0 radical (unpaired) electrons. The van der Waals surface area contributed by atoms with Crippen LogP contribution in [-0.4, -0.2) is 23.4 Å². The van der Waals surface area contributed by atoms with E-state index in [2.05, 4.69) is 24.3 Å². The van der Waals surface area contributed by atoms with Gasteiger partial charge in [0.15, 0.2) is 0 Å². The van der Waals surface area contributed by atoms with Crippen molar-refractivity contribution in [3.8, 4) is 5.75 Å². The first kappa shape index (κ1) is 12.5. The highest BCUT2D eigenvalue weighted by molar-refractivity contribution is 5.83. The second kappa shape index (κ2) is 4.83. The highest BCUT2D eigenvalue weighted by Gasteiger charge is 2.36. The molecule has 3 N–H and O–H groups in total. The Morgan fingerprint density at radius 1 is 1.21 bits per heavy atom. The molecule has 0 spiro atoms. The predicted octanol–water partition coefficient (Wildman–Crippen LogP) is 2.46. The third-order valence-electron chi connectivity index (χ3n) is 3.94. The molecule has 0 aromatic heterocycles. The van der Waals surface area contributed by atoms with Crippen molar-refractivity contribution in [2.24, 2.45) is 5.73 Å². The lowest BCUT2D eigenvalue weighted by Gasteiger charge is -2.21. The highest BCUT2D eigenvalue weighted by atomic mass is 16.5. The Bertz CT molecular complexity index is 584. The van der Waals surface area contributed by atoms with Crippen LogP contribution < -0.4 is 10.5 Å². The quantitative estimate of drug-likeness (QED) is 0.888. The molecule has 1 fully saturated rings. The molecule has 2 unspecified atom stereocenters. The summed E-state index contributed by atoms with van der Waals surface area (Å²) in [6, 6.07) is 14.4. The molecule has 1 aliphatic rings. The first-order valence-corrected chi connectivity index (χ1v) is 6.74. The first-order valence-electron chi connectivity index (χ1n) is 6.74. The Morgan fingerprint density at radius 2 is 2.00 bits per heavy atom. The summed E-state index contributed by atoms with van der Waals surface area (Å²) in [4.78, 5) is 0. The third-order valence-corrected chi connectivity index (χ3v) is 3.94. The van der Waals surface area contributed by atoms with Gasteiger partial charge in [-0.3, -0.25) is 0 Å². The number of hydrogen-bond donors (Lipinski definition) is 2. The van der Waals surface area contributed by atoms with E-state index in [1.807, 2.05) is 18.2 Å². The topological polar surface area (TPSA) is 55.5 Å². The van der Waals surface area contributed by atoms with E-state index in [0.29, 0.717) is 0 Å². The molecule has 0 aliphatic heterocycles. The van der Waals surface area contributed by atoms with Crippen molar-refractivity contribution in [1.29, 1.82) is 0 Å². The molecule has 3 nitrogen and oxygen atoms in total. The standard InChI is InChI=1S/C16H19NO2/c17-16(11-18)8-7-15(10-16)19-14-6-5-12-3-1-2-4-13(12)9-14/h1-6,9,15,18H,7-8,10-11,17H2. The summed E-state index contributed by atoms with van der Waals surface area (Å²) >= 11 is 0. The minimum absolute atomic E-state index is 0.0323. The van der Waals surface area contributed by atoms with Gasteiger partial charge in [0.25, 0.3) is 0 Å². The van der Waals surface area contributed by atoms with Gasteiger partial charge in [0, 0.05) is 12.0 Å². The molecule has 0 amide bonds. The molecule has 3 rings (SSSR count). The average molecular weight is 257 g/mol. The normalized spacial score (nSPS) is 26.7. The van der Waals surface area contributed by atoms with Crippen LogP contribution in [0, 0.1) is 0 Å². The molecular weight excluding hydrogens is 238 g/mol. The van der Waals surface area contributed by atoms with E-state index in [0.717, 1.165) is 25.0 Å². The van der Waals surface area contributed by atoms with Gasteiger partial charge < -0.3 is 15.6 Å². The number of fused-ring (bicyclic) bond motifs is 1. The van der Waals surface area contributed by atoms with Crippen LogP contribution >= 0.6 is 0 Å². The maximum atomic E-state index is 9.27. The molecule has 1 aliphatic carbocycles. The van der Waals surface area contributed by atoms with Crippen LogP contribution in [0.4, 0.5) is 0 Å². The van der Waals surface area contributed by atoms with E-state index >= 15 is 0 Å². The van der Waals surface area contributed by atoms with Gasteiger partial charge in [-0.25, -0.2) is 0 Å². The maximum Gasteiger partial charge on any atom is 0.120 e. The van der Waals surface area contributed by atoms with Crippen LogP contribution in [0.2, 0.25) is 0 Å². The van der Waals surface area contributed by atoms with Crippen molar-refractivity contribution in [2.75, 3.05) is 6.61 Å². The lowest BCUT2D eigenvalue weighted by atomic mass is 10.0. The van der Waals surface area contributed by atoms with Gasteiger partial charge in [-0.2, -0.15) is 0 Å². The van der Waals surface area contributed by atoms with Crippen molar-refractivity contribution in [2.45, 2.75) is 30.9 Å². The molecule has 100 valence electrons. The fraction of sp³-hybridized carbons (Fsp3) is 0.375. The van der Waals surface area contributed by atoms with Gasteiger partial charge in [-0.1, -0.05) is 30.3 Å².